The van der Waals surface area contributed by atoms with Crippen molar-refractivity contribution in [2.75, 3.05) is 17.7 Å². The van der Waals surface area contributed by atoms with E-state index in [0.717, 1.165) is 30.0 Å². The highest BCUT2D eigenvalue weighted by Gasteiger charge is 2.23. The molecule has 0 unspecified atom stereocenters. The van der Waals surface area contributed by atoms with E-state index in [-0.39, 0.29) is 5.54 Å². The number of nitrogens with zero attached hydrogens (tertiary/aromatic N) is 2. The molecule has 1 aromatic rings. The van der Waals surface area contributed by atoms with Crippen LogP contribution in [0.3, 0.4) is 0 Å². The van der Waals surface area contributed by atoms with Crippen LogP contribution in [-0.2, 0) is 0 Å². The van der Waals surface area contributed by atoms with E-state index in [1.54, 1.807) is 6.33 Å². The van der Waals surface area contributed by atoms with Gasteiger partial charge in [0.15, 0.2) is 0 Å². The molecule has 0 saturated heterocycles. The van der Waals surface area contributed by atoms with Crippen LogP contribution in [0.25, 0.3) is 0 Å². The second-order valence-electron chi connectivity index (χ2n) is 5.28. The molecule has 1 aromatic heterocycles. The van der Waals surface area contributed by atoms with E-state index in [0.29, 0.717) is 5.92 Å². The second-order valence-corrected chi connectivity index (χ2v) is 5.28. The molecule has 2 N–H and O–H groups in total. The molecule has 0 aliphatic rings. The van der Waals surface area contributed by atoms with Crippen LogP contribution in [-0.4, -0.2) is 22.6 Å². The minimum absolute atomic E-state index is 0.0863. The highest BCUT2D eigenvalue weighted by atomic mass is 15.1. The third-order valence-corrected chi connectivity index (χ3v) is 3.68. The minimum atomic E-state index is 0.0863. The Bertz CT molecular complexity index is 383. The zero-order chi connectivity index (χ0) is 13.8. The van der Waals surface area contributed by atoms with Crippen LogP contribution in [0.4, 0.5) is 11.6 Å². The van der Waals surface area contributed by atoms with E-state index < -0.39 is 0 Å². The summed E-state index contributed by atoms with van der Waals surface area (Å²) in [6.07, 6.45) is 3.76. The van der Waals surface area contributed by atoms with E-state index in [9.17, 15) is 0 Å². The summed E-state index contributed by atoms with van der Waals surface area (Å²) in [7, 11) is 1.90. The van der Waals surface area contributed by atoms with Crippen LogP contribution < -0.4 is 10.6 Å². The smallest absolute Gasteiger partial charge is 0.135 e. The average molecular weight is 250 g/mol. The SMILES string of the molecule is CCC(C)(CC)Nc1ncnc(NC)c1C(C)C. The Morgan fingerprint density at radius 3 is 2.17 bits per heavy atom. The molecule has 1 heterocycles. The van der Waals surface area contributed by atoms with Crippen molar-refractivity contribution in [3.63, 3.8) is 0 Å². The maximum Gasteiger partial charge on any atom is 0.135 e. The van der Waals surface area contributed by atoms with E-state index >= 15 is 0 Å². The van der Waals surface area contributed by atoms with Crippen LogP contribution in [0.1, 0.15) is 58.9 Å². The lowest BCUT2D eigenvalue weighted by atomic mass is 9.94. The molecule has 0 atom stereocenters. The lowest BCUT2D eigenvalue weighted by molar-refractivity contribution is 0.475. The first-order chi connectivity index (χ1) is 8.47. The topological polar surface area (TPSA) is 49.8 Å². The highest BCUT2D eigenvalue weighted by molar-refractivity contribution is 5.59. The summed E-state index contributed by atoms with van der Waals surface area (Å²) in [4.78, 5) is 8.73. The molecule has 0 bridgehead atoms. The third kappa shape index (κ3) is 3.12. The molecule has 18 heavy (non-hydrogen) atoms. The van der Waals surface area contributed by atoms with E-state index in [1.807, 2.05) is 7.05 Å². The number of rotatable bonds is 6. The summed E-state index contributed by atoms with van der Waals surface area (Å²) in [6, 6.07) is 0. The van der Waals surface area contributed by atoms with Gasteiger partial charge in [-0.15, -0.1) is 0 Å². The Labute approximate surface area is 111 Å². The molecule has 4 heteroatoms. The van der Waals surface area contributed by atoms with E-state index in [1.165, 1.54) is 0 Å². The van der Waals surface area contributed by atoms with Gasteiger partial charge < -0.3 is 10.6 Å². The minimum Gasteiger partial charge on any atom is -0.373 e. The zero-order valence-electron chi connectivity index (χ0n) is 12.5. The first-order valence-electron chi connectivity index (χ1n) is 6.78. The Morgan fingerprint density at radius 2 is 1.72 bits per heavy atom. The first kappa shape index (κ1) is 14.7. The van der Waals surface area contributed by atoms with Crippen molar-refractivity contribution < 1.29 is 0 Å². The van der Waals surface area contributed by atoms with Gasteiger partial charge in [0.25, 0.3) is 0 Å². The molecule has 0 fully saturated rings. The van der Waals surface area contributed by atoms with Crippen LogP contribution in [0.2, 0.25) is 0 Å². The van der Waals surface area contributed by atoms with Crippen molar-refractivity contribution in [1.29, 1.82) is 0 Å². The standard InChI is InChI=1S/C14H26N4/c1-7-14(5,8-2)18-13-11(10(3)4)12(15-6)16-9-17-13/h9-10H,7-8H2,1-6H3,(H2,15,16,17,18). The Balaban J connectivity index is 3.16. The van der Waals surface area contributed by atoms with Crippen molar-refractivity contribution in [2.24, 2.45) is 0 Å². The van der Waals surface area contributed by atoms with Crippen LogP contribution in [0, 0.1) is 0 Å². The third-order valence-electron chi connectivity index (χ3n) is 3.68. The van der Waals surface area contributed by atoms with Gasteiger partial charge in [0.2, 0.25) is 0 Å². The van der Waals surface area contributed by atoms with E-state index in [4.69, 9.17) is 0 Å². The lowest BCUT2D eigenvalue weighted by Crippen LogP contribution is -2.34. The fourth-order valence-corrected chi connectivity index (χ4v) is 1.95. The molecular formula is C14H26N4. The summed E-state index contributed by atoms with van der Waals surface area (Å²) < 4.78 is 0. The quantitative estimate of drug-likeness (QED) is 0.809. The number of hydrogen-bond acceptors (Lipinski definition) is 4. The second kappa shape index (κ2) is 6.03. The number of hydrogen-bond donors (Lipinski definition) is 2. The molecule has 102 valence electrons. The van der Waals surface area contributed by atoms with E-state index in [2.05, 4.69) is 55.2 Å². The van der Waals surface area contributed by atoms with Gasteiger partial charge in [0.05, 0.1) is 0 Å². The Kier molecular flexibility index (Phi) is 4.93. The van der Waals surface area contributed by atoms with Crippen molar-refractivity contribution in [3.8, 4) is 0 Å². The summed E-state index contributed by atoms with van der Waals surface area (Å²) in [5, 5.41) is 6.74. The Hall–Kier alpha value is -1.32. The van der Waals surface area contributed by atoms with Crippen molar-refractivity contribution >= 4 is 11.6 Å². The summed E-state index contributed by atoms with van der Waals surface area (Å²) >= 11 is 0. The first-order valence-corrected chi connectivity index (χ1v) is 6.78. The number of nitrogens with one attached hydrogen (secondary N) is 2. The molecular weight excluding hydrogens is 224 g/mol. The fourth-order valence-electron chi connectivity index (χ4n) is 1.95. The molecule has 0 aromatic carbocycles. The molecule has 0 amide bonds. The molecule has 0 radical (unpaired) electrons. The average Bonchev–Trinajstić information content (AvgIpc) is 2.37. The maximum absolute atomic E-state index is 4.43. The predicted octanol–water partition coefficient (Wildman–Crippen LogP) is 3.63. The van der Waals surface area contributed by atoms with Gasteiger partial charge in [0, 0.05) is 18.2 Å². The fraction of sp³-hybridized carbons (Fsp3) is 0.714. The molecule has 0 aliphatic carbocycles. The maximum atomic E-state index is 4.43. The Morgan fingerprint density at radius 1 is 1.17 bits per heavy atom. The van der Waals surface area contributed by atoms with Crippen LogP contribution in [0.5, 0.6) is 0 Å². The summed E-state index contributed by atoms with van der Waals surface area (Å²) in [5.74, 6) is 2.25. The number of aromatic nitrogens is 2. The molecule has 0 aliphatic heterocycles. The number of anilines is 2. The summed E-state index contributed by atoms with van der Waals surface area (Å²) in [5.41, 5.74) is 1.25. The highest BCUT2D eigenvalue weighted by Crippen LogP contribution is 2.31. The molecule has 1 rings (SSSR count). The summed E-state index contributed by atoms with van der Waals surface area (Å²) in [6.45, 7) is 11.0. The molecule has 0 spiro atoms. The van der Waals surface area contributed by atoms with Gasteiger partial charge in [-0.1, -0.05) is 27.7 Å². The van der Waals surface area contributed by atoms with Gasteiger partial charge >= 0.3 is 0 Å². The van der Waals surface area contributed by atoms with Crippen LogP contribution in [0.15, 0.2) is 6.33 Å². The van der Waals surface area contributed by atoms with Gasteiger partial charge in [-0.25, -0.2) is 9.97 Å². The van der Waals surface area contributed by atoms with Crippen LogP contribution >= 0.6 is 0 Å². The van der Waals surface area contributed by atoms with Crippen molar-refractivity contribution in [1.82, 2.24) is 9.97 Å². The largest absolute Gasteiger partial charge is 0.373 e. The molecule has 4 nitrogen and oxygen atoms in total. The van der Waals surface area contributed by atoms with Gasteiger partial charge in [0.1, 0.15) is 18.0 Å². The van der Waals surface area contributed by atoms with Crippen molar-refractivity contribution in [3.05, 3.63) is 11.9 Å². The van der Waals surface area contributed by atoms with Gasteiger partial charge in [-0.2, -0.15) is 0 Å². The zero-order valence-corrected chi connectivity index (χ0v) is 12.5. The monoisotopic (exact) mass is 250 g/mol. The molecule has 0 saturated carbocycles. The van der Waals surface area contributed by atoms with Crippen molar-refractivity contribution in [2.45, 2.75) is 58.9 Å². The lowest BCUT2D eigenvalue weighted by Gasteiger charge is -2.30. The normalized spacial score (nSPS) is 11.7. The predicted molar refractivity (Wildman–Crippen MR) is 78.3 cm³/mol. The van der Waals surface area contributed by atoms with Gasteiger partial charge in [-0.3, -0.25) is 0 Å². The van der Waals surface area contributed by atoms with Gasteiger partial charge in [-0.05, 0) is 25.7 Å².